The maximum Gasteiger partial charge on any atom is 0.410 e. The minimum absolute atomic E-state index is 0.218. The molecule has 1 aliphatic heterocycles. The Bertz CT molecular complexity index is 369. The van der Waals surface area contributed by atoms with Gasteiger partial charge in [0.1, 0.15) is 5.60 Å². The van der Waals surface area contributed by atoms with Crippen molar-refractivity contribution in [1.82, 2.24) is 4.90 Å². The largest absolute Gasteiger partial charge is 0.444 e. The highest BCUT2D eigenvalue weighted by Gasteiger charge is 2.37. The molecular formula is C18H33NO3. The van der Waals surface area contributed by atoms with Gasteiger partial charge in [0.2, 0.25) is 0 Å². The molecule has 2 unspecified atom stereocenters. The third-order valence-electron chi connectivity index (χ3n) is 5.31. The molecule has 0 aromatic rings. The molecule has 0 spiro atoms. The van der Waals surface area contributed by atoms with Crippen molar-refractivity contribution in [2.75, 3.05) is 13.1 Å². The summed E-state index contributed by atoms with van der Waals surface area (Å²) in [7, 11) is 0. The van der Waals surface area contributed by atoms with Crippen LogP contribution in [0.25, 0.3) is 0 Å². The fraction of sp³-hybridized carbons (Fsp3) is 0.944. The number of likely N-dealkylation sites (tertiary alicyclic amines) is 1. The van der Waals surface area contributed by atoms with E-state index in [4.69, 9.17) is 4.74 Å². The molecule has 128 valence electrons. The van der Waals surface area contributed by atoms with Crippen molar-refractivity contribution in [3.63, 3.8) is 0 Å². The molecule has 2 rings (SSSR count). The van der Waals surface area contributed by atoms with Gasteiger partial charge in [0.05, 0.1) is 6.10 Å². The average Bonchev–Trinajstić information content (AvgIpc) is 2.95. The molecule has 2 atom stereocenters. The Hall–Kier alpha value is -0.770. The van der Waals surface area contributed by atoms with Crippen LogP contribution in [0.15, 0.2) is 0 Å². The van der Waals surface area contributed by atoms with E-state index in [1.54, 1.807) is 4.90 Å². The van der Waals surface area contributed by atoms with Gasteiger partial charge in [-0.05, 0) is 51.9 Å². The lowest BCUT2D eigenvalue weighted by Gasteiger charge is -2.33. The first-order valence-electron chi connectivity index (χ1n) is 8.96. The van der Waals surface area contributed by atoms with Crippen LogP contribution < -0.4 is 0 Å². The van der Waals surface area contributed by atoms with E-state index in [9.17, 15) is 9.90 Å². The first-order valence-corrected chi connectivity index (χ1v) is 8.96. The smallest absolute Gasteiger partial charge is 0.410 e. The van der Waals surface area contributed by atoms with Gasteiger partial charge in [0, 0.05) is 19.0 Å². The number of carbonyl (C=O) groups is 1. The molecule has 2 fully saturated rings. The number of hydrogen-bond acceptors (Lipinski definition) is 3. The molecule has 22 heavy (non-hydrogen) atoms. The van der Waals surface area contributed by atoms with Crippen molar-refractivity contribution in [1.29, 1.82) is 0 Å². The summed E-state index contributed by atoms with van der Waals surface area (Å²) in [5.41, 5.74) is -0.452. The molecule has 4 nitrogen and oxygen atoms in total. The highest BCUT2D eigenvalue weighted by atomic mass is 16.6. The van der Waals surface area contributed by atoms with Crippen molar-refractivity contribution in [2.24, 2.45) is 17.8 Å². The molecule has 1 amide bonds. The summed E-state index contributed by atoms with van der Waals surface area (Å²) in [4.78, 5) is 13.9. The van der Waals surface area contributed by atoms with Crippen molar-refractivity contribution in [3.8, 4) is 0 Å². The number of aliphatic hydroxyl groups excluding tert-OH is 1. The first kappa shape index (κ1) is 17.6. The second-order valence-electron chi connectivity index (χ2n) is 8.15. The minimum Gasteiger partial charge on any atom is -0.444 e. The summed E-state index contributed by atoms with van der Waals surface area (Å²) in [6.07, 6.45) is 6.45. The van der Waals surface area contributed by atoms with Gasteiger partial charge in [0.25, 0.3) is 0 Å². The first-order chi connectivity index (χ1) is 10.3. The highest BCUT2D eigenvalue weighted by Crippen LogP contribution is 2.36. The Balaban J connectivity index is 1.81. The van der Waals surface area contributed by atoms with Crippen LogP contribution in [0.3, 0.4) is 0 Å². The molecule has 1 saturated carbocycles. The third-order valence-corrected chi connectivity index (χ3v) is 5.31. The van der Waals surface area contributed by atoms with Crippen LogP contribution in [0.5, 0.6) is 0 Å². The Morgan fingerprint density at radius 1 is 1.18 bits per heavy atom. The topological polar surface area (TPSA) is 49.8 Å². The molecular weight excluding hydrogens is 278 g/mol. The Labute approximate surface area is 135 Å². The summed E-state index contributed by atoms with van der Waals surface area (Å²) in [5.74, 6) is 1.49. The predicted molar refractivity (Wildman–Crippen MR) is 87.7 cm³/mol. The van der Waals surface area contributed by atoms with Crippen molar-refractivity contribution in [3.05, 3.63) is 0 Å². The number of rotatable bonds is 3. The molecule has 1 N–H and O–H groups in total. The maximum absolute atomic E-state index is 12.1. The molecule has 0 aromatic carbocycles. The summed E-state index contributed by atoms with van der Waals surface area (Å²) in [5, 5.41) is 10.7. The van der Waals surface area contributed by atoms with E-state index < -0.39 is 5.60 Å². The van der Waals surface area contributed by atoms with E-state index in [2.05, 4.69) is 6.92 Å². The van der Waals surface area contributed by atoms with Crippen LogP contribution in [0.4, 0.5) is 4.79 Å². The number of amides is 1. The van der Waals surface area contributed by atoms with Gasteiger partial charge in [-0.2, -0.15) is 0 Å². The van der Waals surface area contributed by atoms with Gasteiger partial charge in [-0.15, -0.1) is 0 Å². The van der Waals surface area contributed by atoms with E-state index in [1.165, 1.54) is 19.3 Å². The van der Waals surface area contributed by atoms with Gasteiger partial charge in [-0.25, -0.2) is 4.79 Å². The lowest BCUT2D eigenvalue weighted by molar-refractivity contribution is 0.0166. The van der Waals surface area contributed by atoms with E-state index in [0.717, 1.165) is 25.2 Å². The van der Waals surface area contributed by atoms with Crippen molar-refractivity contribution < 1.29 is 14.6 Å². The maximum atomic E-state index is 12.1. The van der Waals surface area contributed by atoms with Crippen LogP contribution >= 0.6 is 0 Å². The molecule has 1 aliphatic carbocycles. The van der Waals surface area contributed by atoms with Gasteiger partial charge in [0.15, 0.2) is 0 Å². The fourth-order valence-electron chi connectivity index (χ4n) is 3.88. The van der Waals surface area contributed by atoms with E-state index >= 15 is 0 Å². The summed E-state index contributed by atoms with van der Waals surface area (Å²) in [6.45, 7) is 9.28. The zero-order chi connectivity index (χ0) is 16.3. The zero-order valence-corrected chi connectivity index (χ0v) is 14.7. The molecule has 4 heteroatoms. The normalized spacial score (nSPS) is 31.1. The molecule has 1 saturated heterocycles. The van der Waals surface area contributed by atoms with E-state index in [0.29, 0.717) is 19.0 Å². The third kappa shape index (κ3) is 4.61. The lowest BCUT2D eigenvalue weighted by atomic mass is 9.75. The Kier molecular flexibility index (Phi) is 5.76. The van der Waals surface area contributed by atoms with Crippen molar-refractivity contribution in [2.45, 2.75) is 77.9 Å². The second kappa shape index (κ2) is 7.20. The number of ether oxygens (including phenoxy) is 1. The molecule has 2 aliphatic rings. The van der Waals surface area contributed by atoms with Crippen LogP contribution in [-0.4, -0.2) is 40.9 Å². The Morgan fingerprint density at radius 2 is 1.82 bits per heavy atom. The summed E-state index contributed by atoms with van der Waals surface area (Å²) >= 11 is 0. The minimum atomic E-state index is -0.452. The lowest BCUT2D eigenvalue weighted by Crippen LogP contribution is -2.38. The molecule has 0 aromatic heterocycles. The van der Waals surface area contributed by atoms with Crippen LogP contribution in [-0.2, 0) is 4.74 Å². The molecule has 1 heterocycles. The van der Waals surface area contributed by atoms with Crippen LogP contribution in [0.1, 0.15) is 66.2 Å². The van der Waals surface area contributed by atoms with Gasteiger partial charge >= 0.3 is 6.09 Å². The van der Waals surface area contributed by atoms with Gasteiger partial charge < -0.3 is 14.7 Å². The fourth-order valence-corrected chi connectivity index (χ4v) is 3.88. The highest BCUT2D eigenvalue weighted by molar-refractivity contribution is 5.68. The average molecular weight is 311 g/mol. The number of aliphatic hydroxyl groups is 1. The predicted octanol–water partition coefficient (Wildman–Crippen LogP) is 3.82. The van der Waals surface area contributed by atoms with Crippen LogP contribution in [0.2, 0.25) is 0 Å². The van der Waals surface area contributed by atoms with Gasteiger partial charge in [-0.1, -0.05) is 26.2 Å². The summed E-state index contributed by atoms with van der Waals surface area (Å²) in [6, 6.07) is 0. The zero-order valence-electron chi connectivity index (χ0n) is 14.7. The molecule has 0 bridgehead atoms. The van der Waals surface area contributed by atoms with E-state index in [-0.39, 0.29) is 18.1 Å². The number of nitrogens with zero attached hydrogens (tertiary/aromatic N) is 1. The summed E-state index contributed by atoms with van der Waals surface area (Å²) < 4.78 is 5.43. The second-order valence-corrected chi connectivity index (χ2v) is 8.15. The quantitative estimate of drug-likeness (QED) is 0.862. The number of hydrogen-bond donors (Lipinski definition) is 1. The standard InChI is InChI=1S/C18H33NO3/c1-5-13-6-8-14(9-7-13)16(20)15-10-11-19(12-15)17(21)22-18(2,3)4/h13-16,20H,5-12H2,1-4H3. The SMILES string of the molecule is CCC1CCC(C(O)C2CCN(C(=O)OC(C)(C)C)C2)CC1. The van der Waals surface area contributed by atoms with E-state index in [1.807, 2.05) is 20.8 Å². The van der Waals surface area contributed by atoms with Crippen molar-refractivity contribution >= 4 is 6.09 Å². The number of carbonyl (C=O) groups excluding carboxylic acids is 1. The van der Waals surface area contributed by atoms with Crippen LogP contribution in [0, 0.1) is 17.8 Å². The Morgan fingerprint density at radius 3 is 2.36 bits per heavy atom. The monoisotopic (exact) mass is 311 g/mol. The molecule has 0 radical (unpaired) electrons. The van der Waals surface area contributed by atoms with Gasteiger partial charge in [-0.3, -0.25) is 0 Å².